The fourth-order valence-corrected chi connectivity index (χ4v) is 1.26. The molecule has 0 radical (unpaired) electrons. The van der Waals surface area contributed by atoms with E-state index in [-0.39, 0.29) is 0 Å². The molecule has 0 spiro atoms. The van der Waals surface area contributed by atoms with E-state index in [2.05, 4.69) is 49.8 Å². The van der Waals surface area contributed by atoms with Crippen LogP contribution in [0.2, 0.25) is 0 Å². The molecule has 1 nitrogen and oxygen atoms in total. The molecule has 0 aromatic heterocycles. The SMILES string of the molecule is C=CCCc1cccc(N(C)C)c1. The highest BCUT2D eigenvalue weighted by molar-refractivity contribution is 5.47. The lowest BCUT2D eigenvalue weighted by Gasteiger charge is -2.13. The van der Waals surface area contributed by atoms with Crippen LogP contribution in [-0.4, -0.2) is 14.1 Å². The van der Waals surface area contributed by atoms with Gasteiger partial charge in [-0.05, 0) is 30.5 Å². The Bertz CT molecular complexity index is 276. The Kier molecular flexibility index (Phi) is 3.56. The van der Waals surface area contributed by atoms with Crippen molar-refractivity contribution in [1.29, 1.82) is 0 Å². The monoisotopic (exact) mass is 175 g/mol. The Morgan fingerprint density at radius 3 is 2.77 bits per heavy atom. The zero-order valence-corrected chi connectivity index (χ0v) is 8.46. The van der Waals surface area contributed by atoms with Crippen molar-refractivity contribution in [2.75, 3.05) is 19.0 Å². The van der Waals surface area contributed by atoms with Gasteiger partial charge in [-0.15, -0.1) is 6.58 Å². The summed E-state index contributed by atoms with van der Waals surface area (Å²) in [6.07, 6.45) is 4.10. The van der Waals surface area contributed by atoms with Gasteiger partial charge in [0.25, 0.3) is 0 Å². The Labute approximate surface area is 80.7 Å². The van der Waals surface area contributed by atoms with Crippen LogP contribution in [0, 0.1) is 0 Å². The van der Waals surface area contributed by atoms with Crippen molar-refractivity contribution in [2.24, 2.45) is 0 Å². The van der Waals surface area contributed by atoms with Crippen LogP contribution in [0.4, 0.5) is 5.69 Å². The standard InChI is InChI=1S/C12H17N/c1-4-5-7-11-8-6-9-12(10-11)13(2)3/h4,6,8-10H,1,5,7H2,2-3H3. The third-order valence-corrected chi connectivity index (χ3v) is 2.06. The molecule has 0 saturated carbocycles. The van der Waals surface area contributed by atoms with Crippen molar-refractivity contribution in [3.05, 3.63) is 42.5 Å². The van der Waals surface area contributed by atoms with Crippen LogP contribution in [0.15, 0.2) is 36.9 Å². The van der Waals surface area contributed by atoms with Crippen molar-refractivity contribution >= 4 is 5.69 Å². The predicted molar refractivity (Wildman–Crippen MR) is 59.3 cm³/mol. The molecule has 0 amide bonds. The first-order valence-corrected chi connectivity index (χ1v) is 4.61. The minimum Gasteiger partial charge on any atom is -0.378 e. The zero-order chi connectivity index (χ0) is 9.68. The number of allylic oxidation sites excluding steroid dienone is 1. The molecule has 0 fully saturated rings. The summed E-state index contributed by atoms with van der Waals surface area (Å²) in [6.45, 7) is 3.72. The van der Waals surface area contributed by atoms with Gasteiger partial charge in [-0.2, -0.15) is 0 Å². The van der Waals surface area contributed by atoms with Gasteiger partial charge in [-0.3, -0.25) is 0 Å². The van der Waals surface area contributed by atoms with Crippen molar-refractivity contribution in [2.45, 2.75) is 12.8 Å². The van der Waals surface area contributed by atoms with Crippen molar-refractivity contribution < 1.29 is 0 Å². The number of benzene rings is 1. The molecular weight excluding hydrogens is 158 g/mol. The van der Waals surface area contributed by atoms with Crippen LogP contribution in [0.3, 0.4) is 0 Å². The third-order valence-electron chi connectivity index (χ3n) is 2.06. The normalized spacial score (nSPS) is 9.69. The Morgan fingerprint density at radius 2 is 2.15 bits per heavy atom. The lowest BCUT2D eigenvalue weighted by Crippen LogP contribution is -2.08. The van der Waals surface area contributed by atoms with E-state index < -0.39 is 0 Å². The topological polar surface area (TPSA) is 3.24 Å². The van der Waals surface area contributed by atoms with Gasteiger partial charge in [-0.1, -0.05) is 18.2 Å². The van der Waals surface area contributed by atoms with Crippen molar-refractivity contribution in [3.63, 3.8) is 0 Å². The maximum absolute atomic E-state index is 3.72. The fourth-order valence-electron chi connectivity index (χ4n) is 1.26. The van der Waals surface area contributed by atoms with E-state index in [1.54, 1.807) is 0 Å². The molecule has 1 aromatic carbocycles. The molecule has 0 aliphatic rings. The van der Waals surface area contributed by atoms with E-state index in [0.717, 1.165) is 12.8 Å². The van der Waals surface area contributed by atoms with Gasteiger partial charge in [0.2, 0.25) is 0 Å². The predicted octanol–water partition coefficient (Wildman–Crippen LogP) is 2.87. The van der Waals surface area contributed by atoms with Gasteiger partial charge >= 0.3 is 0 Å². The summed E-state index contributed by atoms with van der Waals surface area (Å²) in [4.78, 5) is 2.12. The van der Waals surface area contributed by atoms with Gasteiger partial charge in [0, 0.05) is 19.8 Å². The molecule has 0 bridgehead atoms. The van der Waals surface area contributed by atoms with Gasteiger partial charge in [-0.25, -0.2) is 0 Å². The lowest BCUT2D eigenvalue weighted by atomic mass is 10.1. The first kappa shape index (κ1) is 9.85. The summed E-state index contributed by atoms with van der Waals surface area (Å²) in [7, 11) is 4.12. The highest BCUT2D eigenvalue weighted by Crippen LogP contribution is 2.14. The van der Waals surface area contributed by atoms with E-state index >= 15 is 0 Å². The fraction of sp³-hybridized carbons (Fsp3) is 0.333. The van der Waals surface area contributed by atoms with Crippen LogP contribution in [0.25, 0.3) is 0 Å². The van der Waals surface area contributed by atoms with Crippen molar-refractivity contribution in [3.8, 4) is 0 Å². The zero-order valence-electron chi connectivity index (χ0n) is 8.46. The first-order chi connectivity index (χ1) is 6.24. The second kappa shape index (κ2) is 4.70. The number of rotatable bonds is 4. The Hall–Kier alpha value is -1.24. The third kappa shape index (κ3) is 2.94. The van der Waals surface area contributed by atoms with E-state index in [1.807, 2.05) is 6.08 Å². The molecule has 0 heterocycles. The van der Waals surface area contributed by atoms with Gasteiger partial charge in [0.15, 0.2) is 0 Å². The molecule has 0 atom stereocenters. The highest BCUT2D eigenvalue weighted by Gasteiger charge is 1.96. The molecule has 0 saturated heterocycles. The summed E-state index contributed by atoms with van der Waals surface area (Å²) < 4.78 is 0. The van der Waals surface area contributed by atoms with Gasteiger partial charge < -0.3 is 4.90 Å². The minimum atomic E-state index is 1.05. The van der Waals surface area contributed by atoms with Gasteiger partial charge in [0.05, 0.1) is 0 Å². The second-order valence-electron chi connectivity index (χ2n) is 3.39. The summed E-state index contributed by atoms with van der Waals surface area (Å²) in [5.41, 5.74) is 2.65. The summed E-state index contributed by atoms with van der Waals surface area (Å²) in [5, 5.41) is 0. The summed E-state index contributed by atoms with van der Waals surface area (Å²) in [6, 6.07) is 8.62. The Morgan fingerprint density at radius 1 is 1.38 bits per heavy atom. The average molecular weight is 175 g/mol. The molecule has 13 heavy (non-hydrogen) atoms. The molecule has 70 valence electrons. The molecule has 1 aromatic rings. The van der Waals surface area contributed by atoms with Crippen LogP contribution in [0.1, 0.15) is 12.0 Å². The van der Waals surface area contributed by atoms with Crippen LogP contribution < -0.4 is 4.90 Å². The quantitative estimate of drug-likeness (QED) is 0.636. The van der Waals surface area contributed by atoms with E-state index in [9.17, 15) is 0 Å². The largest absolute Gasteiger partial charge is 0.378 e. The van der Waals surface area contributed by atoms with E-state index in [1.165, 1.54) is 11.3 Å². The maximum Gasteiger partial charge on any atom is 0.0363 e. The molecule has 0 aliphatic carbocycles. The van der Waals surface area contributed by atoms with Gasteiger partial charge in [0.1, 0.15) is 0 Å². The Balaban J connectivity index is 2.73. The minimum absolute atomic E-state index is 1.05. The van der Waals surface area contributed by atoms with E-state index in [0.29, 0.717) is 0 Å². The molecule has 0 N–H and O–H groups in total. The molecule has 1 heteroatoms. The summed E-state index contributed by atoms with van der Waals surface area (Å²) in [5.74, 6) is 0. The lowest BCUT2D eigenvalue weighted by molar-refractivity contribution is 0.999. The molecule has 0 unspecified atom stereocenters. The first-order valence-electron chi connectivity index (χ1n) is 4.61. The number of hydrogen-bond acceptors (Lipinski definition) is 1. The van der Waals surface area contributed by atoms with Crippen LogP contribution >= 0.6 is 0 Å². The smallest absolute Gasteiger partial charge is 0.0363 e. The maximum atomic E-state index is 3.72. The van der Waals surface area contributed by atoms with E-state index in [4.69, 9.17) is 0 Å². The number of nitrogens with zero attached hydrogens (tertiary/aromatic N) is 1. The van der Waals surface area contributed by atoms with Crippen molar-refractivity contribution in [1.82, 2.24) is 0 Å². The molecule has 1 rings (SSSR count). The number of hydrogen-bond donors (Lipinski definition) is 0. The number of aryl methyl sites for hydroxylation is 1. The molecular formula is C12H17N. The van der Waals surface area contributed by atoms with Crippen LogP contribution in [-0.2, 0) is 6.42 Å². The number of anilines is 1. The van der Waals surface area contributed by atoms with Crippen LogP contribution in [0.5, 0.6) is 0 Å². The highest BCUT2D eigenvalue weighted by atomic mass is 15.1. The summed E-state index contributed by atoms with van der Waals surface area (Å²) >= 11 is 0. The second-order valence-corrected chi connectivity index (χ2v) is 3.39. The average Bonchev–Trinajstić information content (AvgIpc) is 2.15. The molecule has 0 aliphatic heterocycles.